The number of hydrogen-bond acceptors (Lipinski definition) is 4. The summed E-state index contributed by atoms with van der Waals surface area (Å²) < 4.78 is 22.6. The van der Waals surface area contributed by atoms with Crippen LogP contribution in [0.1, 0.15) is 44.0 Å². The summed E-state index contributed by atoms with van der Waals surface area (Å²) in [6, 6.07) is 3.91. The second-order valence-electron chi connectivity index (χ2n) is 5.57. The van der Waals surface area contributed by atoms with Crippen LogP contribution < -0.4 is 10.5 Å². The molecule has 0 heterocycles. The molecular formula is C14H22N2O4S. The number of rotatable bonds is 7. The van der Waals surface area contributed by atoms with Crippen molar-refractivity contribution in [2.75, 3.05) is 5.32 Å². The SMILES string of the molecule is CC(C)CCC(C)Nc1ccc(S(N)(=O)=O)cc1C(=O)O. The highest BCUT2D eigenvalue weighted by Crippen LogP contribution is 2.22. The van der Waals surface area contributed by atoms with E-state index in [-0.39, 0.29) is 16.5 Å². The van der Waals surface area contributed by atoms with Crippen LogP contribution in [0, 0.1) is 5.92 Å². The smallest absolute Gasteiger partial charge is 0.337 e. The third-order valence-corrected chi connectivity index (χ3v) is 4.04. The third-order valence-electron chi connectivity index (χ3n) is 3.13. The van der Waals surface area contributed by atoms with Crippen LogP contribution in [-0.2, 0) is 10.0 Å². The average Bonchev–Trinajstić information content (AvgIpc) is 2.35. The van der Waals surface area contributed by atoms with Crippen LogP contribution in [0.25, 0.3) is 0 Å². The molecule has 21 heavy (non-hydrogen) atoms. The van der Waals surface area contributed by atoms with E-state index in [0.29, 0.717) is 11.6 Å². The minimum atomic E-state index is -3.92. The summed E-state index contributed by atoms with van der Waals surface area (Å²) in [6.07, 6.45) is 1.92. The van der Waals surface area contributed by atoms with Gasteiger partial charge in [-0.2, -0.15) is 0 Å². The lowest BCUT2D eigenvalue weighted by molar-refractivity contribution is 0.0697. The molecule has 0 fully saturated rings. The van der Waals surface area contributed by atoms with Crippen molar-refractivity contribution in [3.05, 3.63) is 23.8 Å². The van der Waals surface area contributed by atoms with Gasteiger partial charge in [0.05, 0.1) is 10.5 Å². The van der Waals surface area contributed by atoms with Gasteiger partial charge in [0.15, 0.2) is 0 Å². The van der Waals surface area contributed by atoms with Gasteiger partial charge in [0, 0.05) is 11.7 Å². The molecule has 0 amide bonds. The minimum Gasteiger partial charge on any atom is -0.478 e. The van der Waals surface area contributed by atoms with Crippen molar-refractivity contribution in [1.29, 1.82) is 0 Å². The second kappa shape index (κ2) is 6.91. The predicted octanol–water partition coefficient (Wildman–Crippen LogP) is 2.27. The fourth-order valence-electron chi connectivity index (χ4n) is 1.92. The molecule has 7 heteroatoms. The van der Waals surface area contributed by atoms with Gasteiger partial charge in [-0.3, -0.25) is 0 Å². The van der Waals surface area contributed by atoms with Crippen molar-refractivity contribution in [2.45, 2.75) is 44.6 Å². The maximum absolute atomic E-state index is 11.3. The van der Waals surface area contributed by atoms with Gasteiger partial charge in [0.25, 0.3) is 0 Å². The van der Waals surface area contributed by atoms with Crippen LogP contribution in [0.3, 0.4) is 0 Å². The quantitative estimate of drug-likeness (QED) is 0.715. The Morgan fingerprint density at radius 2 is 1.90 bits per heavy atom. The van der Waals surface area contributed by atoms with Crippen LogP contribution in [-0.4, -0.2) is 25.5 Å². The summed E-state index contributed by atoms with van der Waals surface area (Å²) in [7, 11) is -3.92. The molecule has 1 rings (SSSR count). The zero-order chi connectivity index (χ0) is 16.2. The molecule has 1 unspecified atom stereocenters. The van der Waals surface area contributed by atoms with E-state index in [2.05, 4.69) is 19.2 Å². The van der Waals surface area contributed by atoms with Crippen LogP contribution >= 0.6 is 0 Å². The highest BCUT2D eigenvalue weighted by atomic mass is 32.2. The van der Waals surface area contributed by atoms with E-state index in [1.54, 1.807) is 0 Å². The van der Waals surface area contributed by atoms with E-state index < -0.39 is 16.0 Å². The fourth-order valence-corrected chi connectivity index (χ4v) is 2.46. The monoisotopic (exact) mass is 314 g/mol. The van der Waals surface area contributed by atoms with E-state index in [1.807, 2.05) is 6.92 Å². The molecule has 0 aliphatic heterocycles. The average molecular weight is 314 g/mol. The van der Waals surface area contributed by atoms with Crippen LogP contribution in [0.15, 0.2) is 23.1 Å². The summed E-state index contributed by atoms with van der Waals surface area (Å²) >= 11 is 0. The highest BCUT2D eigenvalue weighted by Gasteiger charge is 2.17. The van der Waals surface area contributed by atoms with Crippen LogP contribution in [0.4, 0.5) is 5.69 Å². The number of benzene rings is 1. The second-order valence-corrected chi connectivity index (χ2v) is 7.14. The van der Waals surface area contributed by atoms with Crippen molar-refractivity contribution in [2.24, 2.45) is 11.1 Å². The van der Waals surface area contributed by atoms with E-state index >= 15 is 0 Å². The lowest BCUT2D eigenvalue weighted by Gasteiger charge is -2.18. The molecule has 0 bridgehead atoms. The maximum atomic E-state index is 11.3. The molecule has 0 aliphatic rings. The van der Waals surface area contributed by atoms with Gasteiger partial charge in [-0.1, -0.05) is 13.8 Å². The van der Waals surface area contributed by atoms with E-state index in [0.717, 1.165) is 18.9 Å². The van der Waals surface area contributed by atoms with Gasteiger partial charge >= 0.3 is 5.97 Å². The molecule has 0 spiro atoms. The number of nitrogens with one attached hydrogen (secondary N) is 1. The van der Waals surface area contributed by atoms with Gasteiger partial charge in [-0.25, -0.2) is 18.4 Å². The number of sulfonamides is 1. The maximum Gasteiger partial charge on any atom is 0.337 e. The number of aromatic carboxylic acids is 1. The summed E-state index contributed by atoms with van der Waals surface area (Å²) in [5.41, 5.74) is 0.295. The number of carbonyl (C=O) groups is 1. The number of carboxylic acids is 1. The Hall–Kier alpha value is -1.60. The molecule has 6 nitrogen and oxygen atoms in total. The minimum absolute atomic E-state index is 0.0887. The normalized spacial score (nSPS) is 13.2. The highest BCUT2D eigenvalue weighted by molar-refractivity contribution is 7.89. The molecule has 0 saturated carbocycles. The van der Waals surface area contributed by atoms with Crippen LogP contribution in [0.5, 0.6) is 0 Å². The van der Waals surface area contributed by atoms with Gasteiger partial charge in [0.1, 0.15) is 0 Å². The predicted molar refractivity (Wildman–Crippen MR) is 81.9 cm³/mol. The number of primary sulfonamides is 1. The Morgan fingerprint density at radius 1 is 1.29 bits per heavy atom. The van der Waals surface area contributed by atoms with E-state index in [4.69, 9.17) is 5.14 Å². The molecule has 1 aromatic carbocycles. The van der Waals surface area contributed by atoms with E-state index in [1.165, 1.54) is 12.1 Å². The first-order valence-electron chi connectivity index (χ1n) is 6.78. The Balaban J connectivity index is 3.00. The molecule has 118 valence electrons. The van der Waals surface area contributed by atoms with Crippen molar-refractivity contribution in [1.82, 2.24) is 0 Å². The van der Waals surface area contributed by atoms with Gasteiger partial charge in [-0.05, 0) is 43.9 Å². The third kappa shape index (κ3) is 5.35. The number of hydrogen-bond donors (Lipinski definition) is 3. The summed E-state index contributed by atoms with van der Waals surface area (Å²) in [5.74, 6) is -0.628. The first kappa shape index (κ1) is 17.5. The molecule has 4 N–H and O–H groups in total. The Bertz CT molecular complexity index is 611. The number of nitrogens with two attached hydrogens (primary N) is 1. The molecule has 1 aromatic rings. The van der Waals surface area contributed by atoms with Gasteiger partial charge < -0.3 is 10.4 Å². The lowest BCUT2D eigenvalue weighted by atomic mass is 10.0. The lowest BCUT2D eigenvalue weighted by Crippen LogP contribution is -2.19. The number of carboxylic acid groups (broad SMARTS) is 1. The van der Waals surface area contributed by atoms with E-state index in [9.17, 15) is 18.3 Å². The molecule has 0 aromatic heterocycles. The largest absolute Gasteiger partial charge is 0.478 e. The Kier molecular flexibility index (Phi) is 5.74. The summed E-state index contributed by atoms with van der Waals surface area (Å²) in [5, 5.41) is 17.3. The summed E-state index contributed by atoms with van der Waals surface area (Å²) in [4.78, 5) is 11.1. The first-order chi connectivity index (χ1) is 9.61. The van der Waals surface area contributed by atoms with Crippen molar-refractivity contribution in [3.8, 4) is 0 Å². The van der Waals surface area contributed by atoms with Crippen molar-refractivity contribution < 1.29 is 18.3 Å². The van der Waals surface area contributed by atoms with Crippen LogP contribution in [0.2, 0.25) is 0 Å². The molecule has 0 radical (unpaired) electrons. The zero-order valence-corrected chi connectivity index (χ0v) is 13.3. The molecule has 0 saturated heterocycles. The molecule has 0 aliphatic carbocycles. The Labute approximate surface area is 125 Å². The Morgan fingerprint density at radius 3 is 2.38 bits per heavy atom. The van der Waals surface area contributed by atoms with Gasteiger partial charge in [0.2, 0.25) is 10.0 Å². The first-order valence-corrected chi connectivity index (χ1v) is 8.32. The van der Waals surface area contributed by atoms with Gasteiger partial charge in [-0.15, -0.1) is 0 Å². The summed E-state index contributed by atoms with van der Waals surface area (Å²) in [6.45, 7) is 6.20. The topological polar surface area (TPSA) is 109 Å². The van der Waals surface area contributed by atoms with Crippen molar-refractivity contribution in [3.63, 3.8) is 0 Å². The zero-order valence-electron chi connectivity index (χ0n) is 12.5. The molecular weight excluding hydrogens is 292 g/mol. The number of anilines is 1. The standard InChI is InChI=1S/C14H22N2O4S/c1-9(2)4-5-10(3)16-13-7-6-11(21(15,19)20)8-12(13)14(17)18/h6-10,16H,4-5H2,1-3H3,(H,17,18)(H2,15,19,20). The van der Waals surface area contributed by atoms with Crippen molar-refractivity contribution >= 4 is 21.7 Å². The molecule has 1 atom stereocenters. The fraction of sp³-hybridized carbons (Fsp3) is 0.500.